The maximum atomic E-state index is 6.09. The van der Waals surface area contributed by atoms with Crippen LogP contribution in [0.2, 0.25) is 0 Å². The molecule has 2 radical (unpaired) electrons. The van der Waals surface area contributed by atoms with Crippen LogP contribution in [0.25, 0.3) is 0 Å². The first-order chi connectivity index (χ1) is 10.2. The van der Waals surface area contributed by atoms with Gasteiger partial charge in [-0.1, -0.05) is 45.4 Å². The summed E-state index contributed by atoms with van der Waals surface area (Å²) < 4.78 is 0. The van der Waals surface area contributed by atoms with Gasteiger partial charge in [0.2, 0.25) is 0 Å². The Morgan fingerprint density at radius 2 is 1.82 bits per heavy atom. The van der Waals surface area contributed by atoms with Crippen molar-refractivity contribution in [3.63, 3.8) is 0 Å². The zero-order chi connectivity index (χ0) is 16.5. The summed E-state index contributed by atoms with van der Waals surface area (Å²) in [5.74, 6) is 0.499. The van der Waals surface area contributed by atoms with Crippen LogP contribution in [0.1, 0.15) is 65.4 Å². The minimum Gasteiger partial charge on any atom is -0.381 e. The second kappa shape index (κ2) is 6.27. The molecule has 22 heavy (non-hydrogen) atoms. The molecule has 2 unspecified atom stereocenters. The van der Waals surface area contributed by atoms with E-state index in [4.69, 9.17) is 7.98 Å². The minimum absolute atomic E-state index is 0.0235. The molecule has 0 aliphatic carbocycles. The lowest BCUT2D eigenvalue weighted by Crippen LogP contribution is -2.45. The van der Waals surface area contributed by atoms with Crippen molar-refractivity contribution in [2.75, 3.05) is 12.4 Å². The molecule has 0 amide bonds. The van der Waals surface area contributed by atoms with Gasteiger partial charge in [-0.25, -0.2) is 0 Å². The molecule has 0 saturated heterocycles. The van der Waals surface area contributed by atoms with Gasteiger partial charge < -0.3 is 10.1 Å². The second-order valence-corrected chi connectivity index (χ2v) is 8.18. The lowest BCUT2D eigenvalue weighted by molar-refractivity contribution is 0.192. The van der Waals surface area contributed by atoms with Gasteiger partial charge in [0.05, 0.1) is 0 Å². The SMILES string of the molecule is [B]N(C)C(C)(C)CC1c2ccccc2NC1C(C)(C)CCC. The van der Waals surface area contributed by atoms with E-state index in [0.717, 1.165) is 6.42 Å². The molecule has 2 nitrogen and oxygen atoms in total. The number of anilines is 1. The van der Waals surface area contributed by atoms with E-state index in [0.29, 0.717) is 12.0 Å². The maximum absolute atomic E-state index is 6.09. The Balaban J connectivity index is 2.35. The van der Waals surface area contributed by atoms with Gasteiger partial charge in [0.25, 0.3) is 0 Å². The van der Waals surface area contributed by atoms with Crippen molar-refractivity contribution >= 4 is 13.7 Å². The van der Waals surface area contributed by atoms with Crippen LogP contribution < -0.4 is 5.32 Å². The monoisotopic (exact) mass is 298 g/mol. The summed E-state index contributed by atoms with van der Waals surface area (Å²) in [5.41, 5.74) is 3.00. The molecule has 1 aromatic rings. The molecule has 1 aliphatic rings. The molecule has 1 aliphatic heterocycles. The van der Waals surface area contributed by atoms with E-state index in [-0.39, 0.29) is 11.0 Å². The number of hydrogen-bond donors (Lipinski definition) is 1. The molecule has 2 rings (SSSR count). The number of fused-ring (bicyclic) bond motifs is 1. The number of rotatable bonds is 6. The summed E-state index contributed by atoms with van der Waals surface area (Å²) in [6, 6.07) is 9.23. The van der Waals surface area contributed by atoms with Gasteiger partial charge in [-0.2, -0.15) is 0 Å². The van der Waals surface area contributed by atoms with Gasteiger partial charge in [-0.15, -0.1) is 0 Å². The van der Waals surface area contributed by atoms with E-state index >= 15 is 0 Å². The molecule has 0 fully saturated rings. The predicted molar refractivity (Wildman–Crippen MR) is 97.5 cm³/mol. The highest BCUT2D eigenvalue weighted by atomic mass is 15.1. The third-order valence-electron chi connectivity index (χ3n) is 5.48. The Hall–Kier alpha value is -0.955. The first-order valence-corrected chi connectivity index (χ1v) is 8.53. The molecule has 1 heterocycles. The van der Waals surface area contributed by atoms with Crippen LogP contribution in [-0.2, 0) is 0 Å². The average Bonchev–Trinajstić information content (AvgIpc) is 2.78. The number of nitrogens with zero attached hydrogens (tertiary/aromatic N) is 1. The number of benzene rings is 1. The first kappa shape index (κ1) is 17.4. The highest BCUT2D eigenvalue weighted by molar-refractivity contribution is 6.04. The Morgan fingerprint density at radius 1 is 1.18 bits per heavy atom. The van der Waals surface area contributed by atoms with Gasteiger partial charge in [-0.05, 0) is 50.8 Å². The van der Waals surface area contributed by atoms with Crippen LogP contribution in [0.3, 0.4) is 0 Å². The number of nitrogens with one attached hydrogen (secondary N) is 1. The molecule has 2 atom stereocenters. The van der Waals surface area contributed by atoms with E-state index in [1.165, 1.54) is 24.1 Å². The van der Waals surface area contributed by atoms with Crippen LogP contribution in [0.15, 0.2) is 24.3 Å². The number of hydrogen-bond acceptors (Lipinski definition) is 2. The third kappa shape index (κ3) is 3.35. The Bertz CT molecular complexity index is 508. The van der Waals surface area contributed by atoms with Crippen LogP contribution >= 0.6 is 0 Å². The van der Waals surface area contributed by atoms with Crippen LogP contribution in [0, 0.1) is 5.41 Å². The van der Waals surface area contributed by atoms with Gasteiger partial charge >= 0.3 is 0 Å². The molecular formula is C19H31BN2. The summed E-state index contributed by atoms with van der Waals surface area (Å²) in [5, 5.41) is 3.81. The Labute approximate surface area is 138 Å². The van der Waals surface area contributed by atoms with Gasteiger partial charge in [-0.3, -0.25) is 0 Å². The molecule has 0 saturated carbocycles. The predicted octanol–water partition coefficient (Wildman–Crippen LogP) is 4.57. The van der Waals surface area contributed by atoms with Crippen LogP contribution in [-0.4, -0.2) is 31.4 Å². The van der Waals surface area contributed by atoms with E-state index in [1.54, 1.807) is 0 Å². The van der Waals surface area contributed by atoms with E-state index in [1.807, 2.05) is 11.9 Å². The zero-order valence-electron chi connectivity index (χ0n) is 15.1. The Kier molecular flexibility index (Phi) is 4.96. The van der Waals surface area contributed by atoms with Gasteiger partial charge in [0.1, 0.15) is 0 Å². The van der Waals surface area contributed by atoms with Crippen molar-refractivity contribution in [1.29, 1.82) is 0 Å². The van der Waals surface area contributed by atoms with Crippen molar-refractivity contribution in [3.05, 3.63) is 29.8 Å². The largest absolute Gasteiger partial charge is 0.381 e. The van der Waals surface area contributed by atoms with Crippen molar-refractivity contribution in [3.8, 4) is 0 Å². The average molecular weight is 298 g/mol. The zero-order valence-corrected chi connectivity index (χ0v) is 15.1. The van der Waals surface area contributed by atoms with Gasteiger partial charge in [0, 0.05) is 23.2 Å². The smallest absolute Gasteiger partial charge is 0.182 e. The maximum Gasteiger partial charge on any atom is 0.182 e. The van der Waals surface area contributed by atoms with Crippen molar-refractivity contribution in [2.24, 2.45) is 5.41 Å². The van der Waals surface area contributed by atoms with Crippen molar-refractivity contribution in [1.82, 2.24) is 4.81 Å². The lowest BCUT2D eigenvalue weighted by Gasteiger charge is -2.41. The van der Waals surface area contributed by atoms with E-state index < -0.39 is 0 Å². The molecule has 0 aromatic heterocycles. The van der Waals surface area contributed by atoms with Crippen LogP contribution in [0.4, 0.5) is 5.69 Å². The topological polar surface area (TPSA) is 15.3 Å². The molecule has 0 spiro atoms. The standard InChI is InChI=1S/C19H31BN2/c1-7-12-18(2,3)17-15(13-19(4,5)22(6)20)14-10-8-9-11-16(14)21-17/h8-11,15,17,21H,7,12-13H2,1-6H3. The summed E-state index contributed by atoms with van der Waals surface area (Å²) in [6.07, 6.45) is 3.50. The fraction of sp³-hybridized carbons (Fsp3) is 0.684. The second-order valence-electron chi connectivity index (χ2n) is 8.18. The molecule has 1 N–H and O–H groups in total. The fourth-order valence-corrected chi connectivity index (χ4v) is 3.85. The summed E-state index contributed by atoms with van der Waals surface area (Å²) in [6.45, 7) is 11.5. The summed E-state index contributed by atoms with van der Waals surface area (Å²) in [4.78, 5) is 1.86. The van der Waals surface area contributed by atoms with E-state index in [2.05, 4.69) is 64.2 Å². The third-order valence-corrected chi connectivity index (χ3v) is 5.48. The molecular weight excluding hydrogens is 267 g/mol. The first-order valence-electron chi connectivity index (χ1n) is 8.53. The number of para-hydroxylation sites is 1. The lowest BCUT2D eigenvalue weighted by atomic mass is 9.70. The van der Waals surface area contributed by atoms with E-state index in [9.17, 15) is 0 Å². The summed E-state index contributed by atoms with van der Waals surface area (Å²) >= 11 is 0. The summed E-state index contributed by atoms with van der Waals surface area (Å²) in [7, 11) is 8.07. The normalized spacial score (nSPS) is 21.8. The minimum atomic E-state index is -0.0235. The van der Waals surface area contributed by atoms with Crippen molar-refractivity contribution in [2.45, 2.75) is 71.4 Å². The molecule has 3 heteroatoms. The highest BCUT2D eigenvalue weighted by Crippen LogP contribution is 2.48. The van der Waals surface area contributed by atoms with Crippen molar-refractivity contribution < 1.29 is 0 Å². The Morgan fingerprint density at radius 3 is 2.41 bits per heavy atom. The van der Waals surface area contributed by atoms with Crippen LogP contribution in [0.5, 0.6) is 0 Å². The highest BCUT2D eigenvalue weighted by Gasteiger charge is 2.43. The van der Waals surface area contributed by atoms with Gasteiger partial charge in [0.15, 0.2) is 7.98 Å². The quantitative estimate of drug-likeness (QED) is 0.774. The molecule has 1 aromatic carbocycles. The molecule has 120 valence electrons. The fourth-order valence-electron chi connectivity index (χ4n) is 3.85. The molecule has 0 bridgehead atoms.